The van der Waals surface area contributed by atoms with E-state index in [0.717, 1.165) is 28.8 Å². The lowest BCUT2D eigenvalue weighted by atomic mass is 9.77. The molecule has 1 atom stereocenters. The van der Waals surface area contributed by atoms with Gasteiger partial charge in [-0.15, -0.1) is 0 Å². The van der Waals surface area contributed by atoms with Gasteiger partial charge in [0.25, 0.3) is 0 Å². The molecular weight excluding hydrogens is 568 g/mol. The summed E-state index contributed by atoms with van der Waals surface area (Å²) in [6, 6.07) is 9.86. The molecule has 1 heterocycles. The Kier molecular flexibility index (Phi) is 15.3. The second-order valence-corrected chi connectivity index (χ2v) is 10.2. The summed E-state index contributed by atoms with van der Waals surface area (Å²) in [5, 5.41) is 12.8. The zero-order valence-corrected chi connectivity index (χ0v) is 24.7. The van der Waals surface area contributed by atoms with Crippen LogP contribution in [0.15, 0.2) is 42.5 Å². The quantitative estimate of drug-likeness (QED) is 0.162. The van der Waals surface area contributed by atoms with Gasteiger partial charge in [-0.3, -0.25) is 14.4 Å². The molecule has 0 bridgehead atoms. The summed E-state index contributed by atoms with van der Waals surface area (Å²) >= 11 is 0. The number of carbonyl (C=O) groups excluding carboxylic acids is 3. The van der Waals surface area contributed by atoms with Gasteiger partial charge >= 0.3 is 13.3 Å². The van der Waals surface area contributed by atoms with Gasteiger partial charge in [0.05, 0.1) is 17.2 Å². The van der Waals surface area contributed by atoms with E-state index in [1.165, 1.54) is 12.1 Å². The monoisotopic (exact) mass is 610 g/mol. The number of halogens is 3. The molecule has 2 aromatic rings. The number of aryl methyl sites for hydroxylation is 1. The normalized spacial score (nSPS) is 13.9. The van der Waals surface area contributed by atoms with Gasteiger partial charge in [0.1, 0.15) is 0 Å². The number of rotatable bonds is 10. The van der Waals surface area contributed by atoms with Gasteiger partial charge in [-0.1, -0.05) is 35.9 Å². The van der Waals surface area contributed by atoms with Crippen molar-refractivity contribution >= 4 is 30.8 Å². The van der Waals surface area contributed by atoms with E-state index in [1.807, 2.05) is 32.0 Å². The van der Waals surface area contributed by atoms with Gasteiger partial charge in [0, 0.05) is 39.1 Å². The van der Waals surface area contributed by atoms with Crippen LogP contribution in [0.5, 0.6) is 0 Å². The first-order chi connectivity index (χ1) is 20.1. The van der Waals surface area contributed by atoms with Crippen LogP contribution in [0, 0.1) is 6.92 Å². The Bertz CT molecular complexity index is 1180. The number of alkyl halides is 3. The summed E-state index contributed by atoms with van der Waals surface area (Å²) in [5.74, 6) is -0.445. The van der Waals surface area contributed by atoms with Crippen molar-refractivity contribution in [3.63, 3.8) is 0 Å². The molecule has 1 aliphatic rings. The van der Waals surface area contributed by atoms with E-state index in [2.05, 4.69) is 11.1 Å². The molecule has 238 valence electrons. The summed E-state index contributed by atoms with van der Waals surface area (Å²) in [7, 11) is -0.978. The maximum Gasteiger partial charge on any atom is 0.492 e. The predicted octanol–water partition coefficient (Wildman–Crippen LogP) is 0.224. The molecule has 3 amide bonds. The first-order valence-corrected chi connectivity index (χ1v) is 13.6. The van der Waals surface area contributed by atoms with Crippen molar-refractivity contribution in [2.45, 2.75) is 58.0 Å². The van der Waals surface area contributed by atoms with Crippen LogP contribution in [0.2, 0.25) is 0 Å². The van der Waals surface area contributed by atoms with Crippen molar-refractivity contribution in [1.29, 1.82) is 0 Å². The standard InChI is InChI=1S/C19H32BN5O4.C8H7F3.CH3NO/c1-19(2)14-4-3-13(11-15(14)20(28)29-19)12-24-18(27)16(23)5-6-17(26)25(9-7-21)10-8-22;1-6-2-4-7(5-3-6)8(9,10)11;2-1-3/h3-4,11,16,28H,5-10,12,21-23H2,1-2H3,(H,24,27);2-5H,1H3;1H,(H2,2,3). The Labute approximate surface area is 250 Å². The van der Waals surface area contributed by atoms with Gasteiger partial charge in [-0.05, 0) is 55.9 Å². The maximum absolute atomic E-state index is 12.3. The lowest BCUT2D eigenvalue weighted by Crippen LogP contribution is -2.43. The average Bonchev–Trinajstić information content (AvgIpc) is 3.17. The molecule has 15 heteroatoms. The van der Waals surface area contributed by atoms with Gasteiger partial charge in [0.2, 0.25) is 18.2 Å². The molecule has 0 spiro atoms. The molecule has 0 saturated carbocycles. The fraction of sp³-hybridized carbons (Fsp3) is 0.464. The number of hydrogen-bond acceptors (Lipinski definition) is 8. The van der Waals surface area contributed by atoms with Crippen LogP contribution in [0.1, 0.15) is 48.9 Å². The molecule has 11 nitrogen and oxygen atoms in total. The lowest BCUT2D eigenvalue weighted by molar-refractivity contribution is -0.137. The van der Waals surface area contributed by atoms with E-state index in [9.17, 15) is 27.8 Å². The molecule has 0 fully saturated rings. The largest absolute Gasteiger partial charge is 0.492 e. The number of nitrogens with zero attached hydrogens (tertiary/aromatic N) is 1. The summed E-state index contributed by atoms with van der Waals surface area (Å²) in [6.45, 7) is 7.39. The smallest absolute Gasteiger partial charge is 0.423 e. The van der Waals surface area contributed by atoms with E-state index in [4.69, 9.17) is 26.6 Å². The van der Waals surface area contributed by atoms with Crippen LogP contribution in [-0.2, 0) is 37.4 Å². The van der Waals surface area contributed by atoms with Crippen LogP contribution in [0.3, 0.4) is 0 Å². The highest BCUT2D eigenvalue weighted by Crippen LogP contribution is 2.30. The van der Waals surface area contributed by atoms with Gasteiger partial charge in [-0.2, -0.15) is 13.2 Å². The van der Waals surface area contributed by atoms with Crippen molar-refractivity contribution < 1.29 is 37.2 Å². The Morgan fingerprint density at radius 1 is 1.12 bits per heavy atom. The zero-order chi connectivity index (χ0) is 32.8. The summed E-state index contributed by atoms with van der Waals surface area (Å²) in [6.07, 6.45) is -3.57. The Hall–Kier alpha value is -3.50. The molecule has 1 aliphatic heterocycles. The van der Waals surface area contributed by atoms with Crippen molar-refractivity contribution in [3.05, 3.63) is 64.7 Å². The molecule has 0 aromatic heterocycles. The maximum atomic E-state index is 12.3. The highest BCUT2D eigenvalue weighted by Gasteiger charge is 2.40. The molecular formula is C28H42BF3N6O5. The van der Waals surface area contributed by atoms with Crippen molar-refractivity contribution in [1.82, 2.24) is 10.2 Å². The Balaban J connectivity index is 0.000000545. The fourth-order valence-electron chi connectivity index (χ4n) is 4.18. The minimum absolute atomic E-state index is 0.112. The van der Waals surface area contributed by atoms with Crippen LogP contribution in [0.25, 0.3) is 0 Å². The average molecular weight is 610 g/mol. The molecule has 2 aromatic carbocycles. The third kappa shape index (κ3) is 12.3. The van der Waals surface area contributed by atoms with Crippen LogP contribution in [-0.4, -0.2) is 67.5 Å². The van der Waals surface area contributed by atoms with E-state index in [0.29, 0.717) is 31.6 Å². The van der Waals surface area contributed by atoms with Gasteiger partial charge in [0.15, 0.2) is 0 Å². The second kappa shape index (κ2) is 17.6. The lowest BCUT2D eigenvalue weighted by Gasteiger charge is -2.22. The van der Waals surface area contributed by atoms with Gasteiger partial charge in [-0.25, -0.2) is 0 Å². The number of nitrogens with one attached hydrogen (secondary N) is 1. The van der Waals surface area contributed by atoms with Gasteiger partial charge < -0.3 is 42.8 Å². The van der Waals surface area contributed by atoms with E-state index in [-0.39, 0.29) is 37.6 Å². The fourth-order valence-corrected chi connectivity index (χ4v) is 4.18. The van der Waals surface area contributed by atoms with Crippen molar-refractivity contribution in [3.8, 4) is 0 Å². The Morgan fingerprint density at radius 3 is 2.19 bits per heavy atom. The second-order valence-electron chi connectivity index (χ2n) is 10.2. The predicted molar refractivity (Wildman–Crippen MR) is 158 cm³/mol. The topological polar surface area (TPSA) is 200 Å². The molecule has 10 N–H and O–H groups in total. The van der Waals surface area contributed by atoms with Crippen LogP contribution < -0.4 is 33.7 Å². The third-order valence-electron chi connectivity index (χ3n) is 6.44. The number of benzene rings is 2. The molecule has 1 unspecified atom stereocenters. The third-order valence-corrected chi connectivity index (χ3v) is 6.44. The molecule has 0 saturated heterocycles. The summed E-state index contributed by atoms with van der Waals surface area (Å²) in [4.78, 5) is 34.7. The highest BCUT2D eigenvalue weighted by molar-refractivity contribution is 6.62. The number of primary amides is 1. The molecule has 0 radical (unpaired) electrons. The van der Waals surface area contributed by atoms with Crippen molar-refractivity contribution in [2.24, 2.45) is 22.9 Å². The van der Waals surface area contributed by atoms with E-state index < -0.39 is 30.5 Å². The van der Waals surface area contributed by atoms with Crippen LogP contribution >= 0.6 is 0 Å². The number of fused-ring (bicyclic) bond motifs is 1. The first-order valence-electron chi connectivity index (χ1n) is 13.6. The number of amides is 3. The minimum atomic E-state index is -4.21. The summed E-state index contributed by atoms with van der Waals surface area (Å²) in [5.41, 5.74) is 23.3. The molecule has 43 heavy (non-hydrogen) atoms. The van der Waals surface area contributed by atoms with Crippen molar-refractivity contribution in [2.75, 3.05) is 26.2 Å². The minimum Gasteiger partial charge on any atom is -0.423 e. The molecule has 0 aliphatic carbocycles. The number of carbonyl (C=O) groups is 3. The number of hydrogen-bond donors (Lipinski definition) is 6. The highest BCUT2D eigenvalue weighted by atomic mass is 19.4. The Morgan fingerprint density at radius 2 is 1.67 bits per heavy atom. The SMILES string of the molecule is CC1(C)OB(O)c2cc(CNC(=O)C(N)CCC(=O)N(CCN)CCN)ccc21.Cc1ccc(C(F)(F)F)cc1.NC=O. The zero-order valence-electron chi connectivity index (χ0n) is 24.7. The van der Waals surface area contributed by atoms with Crippen LogP contribution in [0.4, 0.5) is 13.2 Å². The van der Waals surface area contributed by atoms with E-state index in [1.54, 1.807) is 11.8 Å². The summed E-state index contributed by atoms with van der Waals surface area (Å²) < 4.78 is 41.3. The molecule has 3 rings (SSSR count). The van der Waals surface area contributed by atoms with E-state index >= 15 is 0 Å². The first kappa shape index (κ1) is 37.5. The number of nitrogens with two attached hydrogens (primary N) is 4.